The summed E-state index contributed by atoms with van der Waals surface area (Å²) < 4.78 is 23.1. The zero-order chi connectivity index (χ0) is 46.0. The Labute approximate surface area is 381 Å². The maximum Gasteiger partial charge on any atom is 0.408 e. The summed E-state index contributed by atoms with van der Waals surface area (Å²) in [4.78, 5) is 55.8. The molecule has 2 amide bonds. The van der Waals surface area contributed by atoms with E-state index in [2.05, 4.69) is 25.8 Å². The highest BCUT2D eigenvalue weighted by atomic mass is 16.6. The van der Waals surface area contributed by atoms with Crippen LogP contribution in [0.5, 0.6) is 17.2 Å². The average molecular weight is 896 g/mol. The maximum atomic E-state index is 13.2. The molecule has 342 valence electrons. The summed E-state index contributed by atoms with van der Waals surface area (Å²) in [5.41, 5.74) is 4.48. The van der Waals surface area contributed by atoms with Crippen LogP contribution in [0.1, 0.15) is 73.5 Å². The molecule has 4 heterocycles. The standard InChI is InChI=1S/C51H53N5O10/c1-63-44-27-37(14-15-38(44)28-52-29-43(58)40-16-18-42(57)48-41(40)17-19-46(59)54-48)49(60)53-22-25-64-50(61)35-12-10-32(11-13-35)31-65-39-9-5-8-36(26-39)47(34-6-3-2-4-7-34)55-51(62)66-45-30-56-23-20-33(45)21-24-56/h2-19,26-27,33,43,45,47,52,57-58H,20-25,28-31H2,1H3,(H,53,60)(H,54,59)(H,55,62). The molecule has 3 saturated heterocycles. The number of alkyl carbamates (subject to hydrolysis) is 1. The number of fused-ring (bicyclic) bond motifs is 4. The van der Waals surface area contributed by atoms with E-state index in [0.29, 0.717) is 46.0 Å². The highest BCUT2D eigenvalue weighted by Crippen LogP contribution is 2.32. The topological polar surface area (TPSA) is 201 Å². The largest absolute Gasteiger partial charge is 0.506 e. The summed E-state index contributed by atoms with van der Waals surface area (Å²) >= 11 is 0. The van der Waals surface area contributed by atoms with Crippen molar-refractivity contribution in [3.8, 4) is 17.2 Å². The van der Waals surface area contributed by atoms with Crippen LogP contribution in [0.25, 0.3) is 10.9 Å². The van der Waals surface area contributed by atoms with Crippen LogP contribution in [0.2, 0.25) is 0 Å². The minimum Gasteiger partial charge on any atom is -0.506 e. The van der Waals surface area contributed by atoms with E-state index >= 15 is 0 Å². The molecule has 1 aromatic heterocycles. The summed E-state index contributed by atoms with van der Waals surface area (Å²) in [6.07, 6.45) is 0.618. The van der Waals surface area contributed by atoms with Crippen LogP contribution in [0.15, 0.2) is 126 Å². The number of benzene rings is 5. The van der Waals surface area contributed by atoms with Gasteiger partial charge in [-0.05, 0) is 103 Å². The molecule has 2 bridgehead atoms. The quantitative estimate of drug-likeness (QED) is 0.0426. The number of carbonyl (C=O) groups is 3. The Morgan fingerprint density at radius 3 is 2.39 bits per heavy atom. The van der Waals surface area contributed by atoms with Crippen molar-refractivity contribution in [1.29, 1.82) is 0 Å². The number of amides is 2. The molecule has 6 N–H and O–H groups in total. The molecule has 3 aliphatic heterocycles. The lowest BCUT2D eigenvalue weighted by atomic mass is 9.86. The normalized spacial score (nSPS) is 17.3. The number of phenols is 1. The lowest BCUT2D eigenvalue weighted by molar-refractivity contribution is -0.0336. The molecule has 6 aromatic rings. The van der Waals surface area contributed by atoms with Gasteiger partial charge in [0.1, 0.15) is 36.6 Å². The van der Waals surface area contributed by atoms with Gasteiger partial charge in [0.05, 0.1) is 36.9 Å². The van der Waals surface area contributed by atoms with E-state index < -0.39 is 24.2 Å². The molecule has 15 nitrogen and oxygen atoms in total. The maximum absolute atomic E-state index is 13.2. The van der Waals surface area contributed by atoms with Crippen LogP contribution in [-0.4, -0.2) is 90.6 Å². The zero-order valence-corrected chi connectivity index (χ0v) is 36.5. The predicted molar refractivity (Wildman–Crippen MR) is 247 cm³/mol. The molecule has 5 aromatic carbocycles. The molecule has 0 spiro atoms. The third-order valence-electron chi connectivity index (χ3n) is 12.1. The number of phenolic OH excluding ortho intramolecular Hbond substituents is 1. The first-order valence-electron chi connectivity index (χ1n) is 22.0. The number of hydrogen-bond donors (Lipinski definition) is 6. The number of esters is 1. The van der Waals surface area contributed by atoms with Crippen molar-refractivity contribution in [3.63, 3.8) is 0 Å². The van der Waals surface area contributed by atoms with Gasteiger partial charge in [-0.15, -0.1) is 0 Å². The number of methoxy groups -OCH3 is 1. The highest BCUT2D eigenvalue weighted by molar-refractivity contribution is 5.95. The van der Waals surface area contributed by atoms with Gasteiger partial charge >= 0.3 is 12.1 Å². The lowest BCUT2D eigenvalue weighted by Gasteiger charge is -2.43. The van der Waals surface area contributed by atoms with Crippen LogP contribution >= 0.6 is 0 Å². The van der Waals surface area contributed by atoms with Gasteiger partial charge in [-0.25, -0.2) is 9.59 Å². The number of aromatic amines is 1. The smallest absolute Gasteiger partial charge is 0.408 e. The fourth-order valence-corrected chi connectivity index (χ4v) is 8.55. The Kier molecular flexibility index (Phi) is 14.6. The minimum atomic E-state index is -0.942. The van der Waals surface area contributed by atoms with Crippen LogP contribution in [0.3, 0.4) is 0 Å². The van der Waals surface area contributed by atoms with E-state index in [4.69, 9.17) is 18.9 Å². The zero-order valence-electron chi connectivity index (χ0n) is 36.5. The van der Waals surface area contributed by atoms with E-state index in [-0.39, 0.29) is 55.1 Å². The monoisotopic (exact) mass is 895 g/mol. The first-order valence-corrected chi connectivity index (χ1v) is 22.0. The van der Waals surface area contributed by atoms with Crippen LogP contribution in [0, 0.1) is 5.92 Å². The molecule has 0 radical (unpaired) electrons. The number of carbonyl (C=O) groups excluding carboxylic acids is 3. The number of rotatable bonds is 18. The summed E-state index contributed by atoms with van der Waals surface area (Å²) in [6.45, 7) is 3.67. The number of hydrogen-bond acceptors (Lipinski definition) is 12. The first-order chi connectivity index (χ1) is 32.1. The number of pyridine rings is 1. The second-order valence-electron chi connectivity index (χ2n) is 16.5. The van der Waals surface area contributed by atoms with E-state index in [1.165, 1.54) is 19.2 Å². The minimum absolute atomic E-state index is 0.0457. The van der Waals surface area contributed by atoms with Crippen molar-refractivity contribution in [2.24, 2.45) is 5.92 Å². The molecule has 3 unspecified atom stereocenters. The molecule has 66 heavy (non-hydrogen) atoms. The SMILES string of the molecule is COc1cc(C(=O)NCCOC(=O)c2ccc(COc3cccc(C(NC(=O)OC4CN5CCC4CC5)c4ccccc4)c3)cc2)ccc1CNCC(O)c1ccc(O)c2[nH]c(=O)ccc12. The van der Waals surface area contributed by atoms with Crippen LogP contribution in [-0.2, 0) is 22.6 Å². The second kappa shape index (κ2) is 21.2. The summed E-state index contributed by atoms with van der Waals surface area (Å²) in [7, 11) is 1.50. The number of aromatic nitrogens is 1. The number of aromatic hydroxyl groups is 1. The summed E-state index contributed by atoms with van der Waals surface area (Å²) in [5, 5.41) is 30.6. The Balaban J connectivity index is 0.777. The third-order valence-corrected chi connectivity index (χ3v) is 12.1. The Morgan fingerprint density at radius 1 is 0.864 bits per heavy atom. The second-order valence-corrected chi connectivity index (χ2v) is 16.5. The van der Waals surface area contributed by atoms with Crippen molar-refractivity contribution in [2.75, 3.05) is 46.4 Å². The summed E-state index contributed by atoms with van der Waals surface area (Å²) in [6, 6.07) is 34.8. The van der Waals surface area contributed by atoms with Crippen molar-refractivity contribution in [1.82, 2.24) is 25.8 Å². The van der Waals surface area contributed by atoms with E-state index in [9.17, 15) is 29.4 Å². The highest BCUT2D eigenvalue weighted by Gasteiger charge is 2.37. The van der Waals surface area contributed by atoms with Gasteiger partial charge in [-0.2, -0.15) is 0 Å². The van der Waals surface area contributed by atoms with Gasteiger partial charge < -0.3 is 50.1 Å². The number of nitrogens with zero attached hydrogens (tertiary/aromatic N) is 1. The molecule has 3 atom stereocenters. The molecule has 3 fully saturated rings. The summed E-state index contributed by atoms with van der Waals surface area (Å²) in [5.74, 6) is 0.491. The van der Waals surface area contributed by atoms with Gasteiger partial charge in [-0.1, -0.05) is 66.7 Å². The number of ether oxygens (including phenoxy) is 4. The number of aliphatic hydroxyl groups is 1. The average Bonchev–Trinajstić information content (AvgIpc) is 3.35. The molecule has 15 heteroatoms. The fourth-order valence-electron chi connectivity index (χ4n) is 8.55. The van der Waals surface area contributed by atoms with Crippen molar-refractivity contribution in [2.45, 2.75) is 44.2 Å². The molecule has 0 aliphatic carbocycles. The van der Waals surface area contributed by atoms with Gasteiger partial charge in [0.25, 0.3) is 5.91 Å². The van der Waals surface area contributed by atoms with Gasteiger partial charge in [-0.3, -0.25) is 14.5 Å². The Hall–Kier alpha value is -7.20. The third kappa shape index (κ3) is 11.2. The van der Waals surface area contributed by atoms with E-state index in [0.717, 1.165) is 54.7 Å². The Bertz CT molecular complexity index is 2700. The van der Waals surface area contributed by atoms with Gasteiger partial charge in [0.2, 0.25) is 5.56 Å². The predicted octanol–water partition coefficient (Wildman–Crippen LogP) is 6.14. The van der Waals surface area contributed by atoms with Crippen molar-refractivity contribution >= 4 is 28.9 Å². The van der Waals surface area contributed by atoms with E-state index in [1.807, 2.05) is 54.6 Å². The molecular weight excluding hydrogens is 843 g/mol. The Morgan fingerprint density at radius 2 is 1.64 bits per heavy atom. The first kappa shape index (κ1) is 45.4. The van der Waals surface area contributed by atoms with Crippen LogP contribution in [0.4, 0.5) is 4.79 Å². The number of aliphatic hydroxyl groups excluding tert-OH is 1. The lowest BCUT2D eigenvalue weighted by Crippen LogP contribution is -2.52. The number of piperidine rings is 3. The molecule has 3 aliphatic rings. The number of nitrogens with one attached hydrogen (secondary N) is 4. The van der Waals surface area contributed by atoms with Gasteiger partial charge in [0.15, 0.2) is 0 Å². The number of H-pyrrole nitrogens is 1. The van der Waals surface area contributed by atoms with E-state index in [1.54, 1.807) is 54.6 Å². The van der Waals surface area contributed by atoms with Gasteiger partial charge in [0, 0.05) is 42.2 Å². The van der Waals surface area contributed by atoms with Crippen molar-refractivity contribution in [3.05, 3.63) is 171 Å². The fraction of sp³-hybridized carbons (Fsp3) is 0.294. The molecule has 9 rings (SSSR count). The molecular formula is C51H53N5O10. The van der Waals surface area contributed by atoms with Crippen molar-refractivity contribution < 1.29 is 43.5 Å². The van der Waals surface area contributed by atoms with Crippen LogP contribution < -0.4 is 31.0 Å². The molecule has 0 saturated carbocycles.